The highest BCUT2D eigenvalue weighted by molar-refractivity contribution is 7.08. The van der Waals surface area contributed by atoms with Gasteiger partial charge >= 0.3 is 0 Å². The molecule has 0 aliphatic rings. The zero-order chi connectivity index (χ0) is 11.8. The van der Waals surface area contributed by atoms with Gasteiger partial charge in [-0.15, -0.1) is 11.8 Å². The number of hydrogen-bond acceptors (Lipinski definition) is 2. The predicted octanol–water partition coefficient (Wildman–Crippen LogP) is 3.90. The summed E-state index contributed by atoms with van der Waals surface area (Å²) in [4.78, 5) is 0. The maximum Gasteiger partial charge on any atom is 0.0340 e. The highest BCUT2D eigenvalue weighted by atomic mass is 32.1. The minimum atomic E-state index is 0.479. The van der Waals surface area contributed by atoms with E-state index in [2.05, 4.69) is 41.8 Å². The molecular weight excluding hydrogens is 214 g/mol. The van der Waals surface area contributed by atoms with E-state index >= 15 is 0 Å². The third-order valence-corrected chi connectivity index (χ3v) is 3.53. The van der Waals surface area contributed by atoms with E-state index in [0.29, 0.717) is 6.04 Å². The van der Waals surface area contributed by atoms with Crippen molar-refractivity contribution in [2.75, 3.05) is 6.54 Å². The smallest absolute Gasteiger partial charge is 0.0340 e. The Morgan fingerprint density at radius 1 is 1.44 bits per heavy atom. The van der Waals surface area contributed by atoms with Gasteiger partial charge in [0.05, 0.1) is 0 Å². The maximum atomic E-state index is 3.61. The molecule has 0 saturated carbocycles. The van der Waals surface area contributed by atoms with Crippen LogP contribution in [0.3, 0.4) is 0 Å². The lowest BCUT2D eigenvalue weighted by Gasteiger charge is -2.17. The molecule has 1 rings (SSSR count). The van der Waals surface area contributed by atoms with Gasteiger partial charge in [0.2, 0.25) is 0 Å². The second-order valence-electron chi connectivity index (χ2n) is 3.98. The van der Waals surface area contributed by atoms with Gasteiger partial charge in [0.1, 0.15) is 0 Å². The average molecular weight is 235 g/mol. The van der Waals surface area contributed by atoms with E-state index in [9.17, 15) is 0 Å². The Morgan fingerprint density at radius 3 is 2.81 bits per heavy atom. The third-order valence-electron chi connectivity index (χ3n) is 2.65. The van der Waals surface area contributed by atoms with Crippen molar-refractivity contribution in [3.8, 4) is 11.8 Å². The Morgan fingerprint density at radius 2 is 2.25 bits per heavy atom. The third kappa shape index (κ3) is 4.00. The summed E-state index contributed by atoms with van der Waals surface area (Å²) in [5.41, 5.74) is 2.86. The zero-order valence-corrected chi connectivity index (χ0v) is 11.3. The van der Waals surface area contributed by atoms with E-state index in [1.54, 1.807) is 11.3 Å². The molecule has 1 aromatic heterocycles. The van der Waals surface area contributed by atoms with Crippen LogP contribution in [-0.2, 0) is 0 Å². The van der Waals surface area contributed by atoms with Crippen molar-refractivity contribution in [3.05, 3.63) is 21.9 Å². The van der Waals surface area contributed by atoms with Crippen molar-refractivity contribution in [2.45, 2.75) is 46.1 Å². The summed E-state index contributed by atoms with van der Waals surface area (Å²) in [5.74, 6) is 6.11. The minimum Gasteiger partial charge on any atom is -0.310 e. The van der Waals surface area contributed by atoms with E-state index in [4.69, 9.17) is 0 Å². The first-order valence-corrected chi connectivity index (χ1v) is 6.89. The van der Waals surface area contributed by atoms with Crippen LogP contribution in [-0.4, -0.2) is 6.54 Å². The molecule has 0 amide bonds. The molecule has 1 atom stereocenters. The van der Waals surface area contributed by atoms with Crippen LogP contribution in [0, 0.1) is 18.8 Å². The molecule has 0 aliphatic carbocycles. The van der Waals surface area contributed by atoms with E-state index in [0.717, 1.165) is 19.4 Å². The number of thiophene rings is 1. The fraction of sp³-hybridized carbons (Fsp3) is 0.571. The number of aryl methyl sites for hydroxylation is 1. The SMILES string of the molecule is CC#CCCC(NCCC)c1cscc1C. The van der Waals surface area contributed by atoms with Crippen molar-refractivity contribution in [1.29, 1.82) is 0 Å². The van der Waals surface area contributed by atoms with Crippen LogP contribution in [0.15, 0.2) is 10.8 Å². The van der Waals surface area contributed by atoms with Crippen LogP contribution in [0.5, 0.6) is 0 Å². The zero-order valence-electron chi connectivity index (χ0n) is 10.5. The van der Waals surface area contributed by atoms with Crippen molar-refractivity contribution in [2.24, 2.45) is 0 Å². The van der Waals surface area contributed by atoms with Crippen LogP contribution < -0.4 is 5.32 Å². The van der Waals surface area contributed by atoms with Crippen molar-refractivity contribution in [3.63, 3.8) is 0 Å². The summed E-state index contributed by atoms with van der Waals surface area (Å²) in [6.07, 6.45) is 3.27. The molecule has 88 valence electrons. The Hall–Kier alpha value is -0.780. The Bertz CT molecular complexity index is 356. The van der Waals surface area contributed by atoms with Crippen molar-refractivity contribution >= 4 is 11.3 Å². The highest BCUT2D eigenvalue weighted by Crippen LogP contribution is 2.25. The van der Waals surface area contributed by atoms with Gasteiger partial charge in [0, 0.05) is 12.5 Å². The molecule has 0 fully saturated rings. The standard InChI is InChI=1S/C14H21NS/c1-4-6-7-8-14(15-9-5-2)13-11-16-10-12(13)3/h10-11,14-15H,5,7-9H2,1-3H3. The Kier molecular flexibility index (Phi) is 6.22. The molecule has 2 heteroatoms. The monoisotopic (exact) mass is 235 g/mol. The predicted molar refractivity (Wildman–Crippen MR) is 72.8 cm³/mol. The van der Waals surface area contributed by atoms with E-state index < -0.39 is 0 Å². The van der Waals surface area contributed by atoms with Gasteiger partial charge in [-0.25, -0.2) is 0 Å². The highest BCUT2D eigenvalue weighted by Gasteiger charge is 2.12. The van der Waals surface area contributed by atoms with Gasteiger partial charge in [-0.1, -0.05) is 6.92 Å². The summed E-state index contributed by atoms with van der Waals surface area (Å²) in [5, 5.41) is 8.10. The van der Waals surface area contributed by atoms with Gasteiger partial charge in [0.15, 0.2) is 0 Å². The summed E-state index contributed by atoms with van der Waals surface area (Å²) in [6.45, 7) is 7.39. The lowest BCUT2D eigenvalue weighted by atomic mass is 10.0. The van der Waals surface area contributed by atoms with Crippen molar-refractivity contribution < 1.29 is 0 Å². The molecule has 0 radical (unpaired) electrons. The van der Waals surface area contributed by atoms with Crippen LogP contribution in [0.4, 0.5) is 0 Å². The largest absolute Gasteiger partial charge is 0.310 e. The first kappa shape index (κ1) is 13.3. The molecule has 16 heavy (non-hydrogen) atoms. The van der Waals surface area contributed by atoms with Crippen molar-refractivity contribution in [1.82, 2.24) is 5.32 Å². The number of hydrogen-bond donors (Lipinski definition) is 1. The van der Waals surface area contributed by atoms with Crippen LogP contribution in [0.25, 0.3) is 0 Å². The topological polar surface area (TPSA) is 12.0 Å². The fourth-order valence-corrected chi connectivity index (χ4v) is 2.66. The van der Waals surface area contributed by atoms with Gasteiger partial charge in [-0.3, -0.25) is 0 Å². The number of nitrogens with one attached hydrogen (secondary N) is 1. The van der Waals surface area contributed by atoms with Crippen LogP contribution in [0.1, 0.15) is 50.3 Å². The summed E-state index contributed by atoms with van der Waals surface area (Å²) in [7, 11) is 0. The second kappa shape index (κ2) is 7.49. The molecule has 1 nitrogen and oxygen atoms in total. The molecule has 1 N–H and O–H groups in total. The van der Waals surface area contributed by atoms with Gasteiger partial charge < -0.3 is 5.32 Å². The molecule has 0 bridgehead atoms. The quantitative estimate of drug-likeness (QED) is 0.737. The normalized spacial score (nSPS) is 11.9. The van der Waals surface area contributed by atoms with Gasteiger partial charge in [-0.2, -0.15) is 11.3 Å². The molecule has 1 heterocycles. The van der Waals surface area contributed by atoms with E-state index in [-0.39, 0.29) is 0 Å². The van der Waals surface area contributed by atoms with Gasteiger partial charge in [-0.05, 0) is 55.1 Å². The Balaban J connectivity index is 2.62. The van der Waals surface area contributed by atoms with Crippen LogP contribution >= 0.6 is 11.3 Å². The molecule has 0 aliphatic heterocycles. The summed E-state index contributed by atoms with van der Waals surface area (Å²) in [6, 6.07) is 0.479. The lowest BCUT2D eigenvalue weighted by Crippen LogP contribution is -2.22. The molecule has 1 aromatic rings. The molecule has 0 aromatic carbocycles. The minimum absolute atomic E-state index is 0.479. The fourth-order valence-electron chi connectivity index (χ4n) is 1.75. The second-order valence-corrected chi connectivity index (χ2v) is 4.73. The average Bonchev–Trinajstić information content (AvgIpc) is 2.70. The summed E-state index contributed by atoms with van der Waals surface area (Å²) >= 11 is 1.79. The first-order chi connectivity index (χ1) is 7.79. The summed E-state index contributed by atoms with van der Waals surface area (Å²) < 4.78 is 0. The van der Waals surface area contributed by atoms with Gasteiger partial charge in [0.25, 0.3) is 0 Å². The first-order valence-electron chi connectivity index (χ1n) is 5.95. The van der Waals surface area contributed by atoms with Crippen LogP contribution in [0.2, 0.25) is 0 Å². The Labute approximate surface area is 103 Å². The van der Waals surface area contributed by atoms with E-state index in [1.165, 1.54) is 17.5 Å². The molecule has 0 saturated heterocycles. The van der Waals surface area contributed by atoms with E-state index in [1.807, 2.05) is 6.92 Å². The maximum absolute atomic E-state index is 3.61. The lowest BCUT2D eigenvalue weighted by molar-refractivity contribution is 0.505. The molecule has 1 unspecified atom stereocenters. The number of rotatable bonds is 6. The molecular formula is C14H21NS. The molecule has 0 spiro atoms.